The van der Waals surface area contributed by atoms with Crippen LogP contribution in [0.25, 0.3) is 11.0 Å². The Bertz CT molecular complexity index is 694. The molecule has 19 heavy (non-hydrogen) atoms. The lowest BCUT2D eigenvalue weighted by Crippen LogP contribution is -2.14. The molecular formula is C17H14O2. The predicted molar refractivity (Wildman–Crippen MR) is 74.3 cm³/mol. The number of hydrogen-bond donors (Lipinski definition) is 0. The van der Waals surface area contributed by atoms with Crippen LogP contribution in [-0.4, -0.2) is 0 Å². The number of rotatable bonds is 1. The maximum absolute atomic E-state index is 6.05. The van der Waals surface area contributed by atoms with Gasteiger partial charge in [0, 0.05) is 5.39 Å². The van der Waals surface area contributed by atoms with Crippen molar-refractivity contribution in [3.05, 3.63) is 65.9 Å². The zero-order chi connectivity index (χ0) is 12.7. The zero-order valence-corrected chi connectivity index (χ0v) is 10.5. The van der Waals surface area contributed by atoms with Crippen LogP contribution in [-0.2, 0) is 6.42 Å². The fourth-order valence-electron chi connectivity index (χ4n) is 2.69. The van der Waals surface area contributed by atoms with E-state index in [0.29, 0.717) is 0 Å². The third-order valence-electron chi connectivity index (χ3n) is 3.68. The highest BCUT2D eigenvalue weighted by atomic mass is 16.5. The van der Waals surface area contributed by atoms with E-state index >= 15 is 0 Å². The second-order valence-corrected chi connectivity index (χ2v) is 4.94. The first kappa shape index (κ1) is 10.7. The average Bonchev–Trinajstić information content (AvgIpc) is 2.90. The molecule has 94 valence electrons. The normalized spacial score (nSPS) is 18.0. The largest absolute Gasteiger partial charge is 0.482 e. The minimum absolute atomic E-state index is 0.0299. The SMILES string of the molecule is c1ccc2c(c1)CCC(c1cc3ccccc3o1)O2. The third-order valence-corrected chi connectivity index (χ3v) is 3.68. The van der Waals surface area contributed by atoms with Gasteiger partial charge >= 0.3 is 0 Å². The van der Waals surface area contributed by atoms with Crippen molar-refractivity contribution in [3.63, 3.8) is 0 Å². The maximum Gasteiger partial charge on any atom is 0.156 e. The summed E-state index contributed by atoms with van der Waals surface area (Å²) in [5, 5.41) is 1.14. The van der Waals surface area contributed by atoms with Crippen LogP contribution in [0.1, 0.15) is 23.8 Å². The van der Waals surface area contributed by atoms with E-state index in [-0.39, 0.29) is 6.10 Å². The molecule has 1 aliphatic rings. The number of para-hydroxylation sites is 2. The van der Waals surface area contributed by atoms with Crippen LogP contribution >= 0.6 is 0 Å². The molecule has 1 aromatic heterocycles. The lowest BCUT2D eigenvalue weighted by Gasteiger charge is -2.24. The van der Waals surface area contributed by atoms with Crippen LogP contribution in [0.3, 0.4) is 0 Å². The molecule has 1 unspecified atom stereocenters. The average molecular weight is 250 g/mol. The van der Waals surface area contributed by atoms with Crippen LogP contribution in [0.2, 0.25) is 0 Å². The molecule has 0 N–H and O–H groups in total. The molecule has 0 saturated carbocycles. The van der Waals surface area contributed by atoms with E-state index in [2.05, 4.69) is 24.3 Å². The van der Waals surface area contributed by atoms with Crippen molar-refractivity contribution < 1.29 is 9.15 Å². The molecule has 2 aromatic carbocycles. The standard InChI is InChI=1S/C17H14O2/c1-3-7-14-12(5-1)9-10-16(18-14)17-11-13-6-2-4-8-15(13)19-17/h1-8,11,16H,9-10H2. The Labute approximate surface area is 111 Å². The highest BCUT2D eigenvalue weighted by Gasteiger charge is 2.23. The Morgan fingerprint density at radius 3 is 2.74 bits per heavy atom. The summed E-state index contributed by atoms with van der Waals surface area (Å²) in [6.45, 7) is 0. The predicted octanol–water partition coefficient (Wildman–Crippen LogP) is 4.50. The van der Waals surface area contributed by atoms with Crippen molar-refractivity contribution in [2.45, 2.75) is 18.9 Å². The van der Waals surface area contributed by atoms with Gasteiger partial charge in [0.25, 0.3) is 0 Å². The molecular weight excluding hydrogens is 236 g/mol. The van der Waals surface area contributed by atoms with Gasteiger partial charge in [-0.05, 0) is 36.6 Å². The number of furan rings is 1. The second-order valence-electron chi connectivity index (χ2n) is 4.94. The summed E-state index contributed by atoms with van der Waals surface area (Å²) in [6.07, 6.45) is 2.04. The van der Waals surface area contributed by atoms with Gasteiger partial charge in [-0.25, -0.2) is 0 Å². The molecule has 0 saturated heterocycles. The van der Waals surface area contributed by atoms with Gasteiger partial charge in [0.05, 0.1) is 0 Å². The molecule has 0 aliphatic carbocycles. The summed E-state index contributed by atoms with van der Waals surface area (Å²) in [5.41, 5.74) is 2.22. The first-order valence-electron chi connectivity index (χ1n) is 6.63. The topological polar surface area (TPSA) is 22.4 Å². The van der Waals surface area contributed by atoms with Crippen LogP contribution in [0.15, 0.2) is 59.0 Å². The Hall–Kier alpha value is -2.22. The molecule has 4 rings (SSSR count). The molecule has 3 aromatic rings. The van der Waals surface area contributed by atoms with Crippen molar-refractivity contribution in [3.8, 4) is 5.75 Å². The van der Waals surface area contributed by atoms with Crippen molar-refractivity contribution in [2.75, 3.05) is 0 Å². The second kappa shape index (κ2) is 4.16. The fraction of sp³-hybridized carbons (Fsp3) is 0.176. The lowest BCUT2D eigenvalue weighted by atomic mass is 10.0. The highest BCUT2D eigenvalue weighted by Crippen LogP contribution is 2.36. The first-order valence-corrected chi connectivity index (χ1v) is 6.63. The van der Waals surface area contributed by atoms with E-state index in [1.54, 1.807) is 0 Å². The minimum atomic E-state index is 0.0299. The van der Waals surface area contributed by atoms with Gasteiger partial charge < -0.3 is 9.15 Å². The molecule has 2 heteroatoms. The van der Waals surface area contributed by atoms with Crippen molar-refractivity contribution >= 4 is 11.0 Å². The van der Waals surface area contributed by atoms with Crippen LogP contribution in [0.4, 0.5) is 0 Å². The Kier molecular flexibility index (Phi) is 2.34. The minimum Gasteiger partial charge on any atom is -0.482 e. The van der Waals surface area contributed by atoms with Crippen molar-refractivity contribution in [1.82, 2.24) is 0 Å². The summed E-state index contributed by atoms with van der Waals surface area (Å²) in [4.78, 5) is 0. The molecule has 0 spiro atoms. The zero-order valence-electron chi connectivity index (χ0n) is 10.5. The van der Waals surface area contributed by atoms with E-state index < -0.39 is 0 Å². The van der Waals surface area contributed by atoms with E-state index in [9.17, 15) is 0 Å². The molecule has 1 atom stereocenters. The number of fused-ring (bicyclic) bond motifs is 2. The first-order chi connectivity index (χ1) is 9.40. The van der Waals surface area contributed by atoms with Crippen molar-refractivity contribution in [1.29, 1.82) is 0 Å². The van der Waals surface area contributed by atoms with Crippen LogP contribution in [0.5, 0.6) is 5.75 Å². The Balaban J connectivity index is 1.70. The monoisotopic (exact) mass is 250 g/mol. The van der Waals surface area contributed by atoms with Gasteiger partial charge in [0.1, 0.15) is 17.1 Å². The summed E-state index contributed by atoms with van der Waals surface area (Å²) < 4.78 is 12.0. The summed E-state index contributed by atoms with van der Waals surface area (Å²) in [6, 6.07) is 18.4. The Morgan fingerprint density at radius 1 is 0.947 bits per heavy atom. The fourth-order valence-corrected chi connectivity index (χ4v) is 2.69. The summed E-state index contributed by atoms with van der Waals surface area (Å²) in [7, 11) is 0. The molecule has 0 bridgehead atoms. The van der Waals surface area contributed by atoms with E-state index in [1.165, 1.54) is 5.56 Å². The number of benzene rings is 2. The molecule has 1 aliphatic heterocycles. The van der Waals surface area contributed by atoms with Gasteiger partial charge in [0.15, 0.2) is 6.10 Å². The Morgan fingerprint density at radius 2 is 1.79 bits per heavy atom. The third kappa shape index (κ3) is 1.80. The van der Waals surface area contributed by atoms with E-state index in [4.69, 9.17) is 9.15 Å². The molecule has 0 amide bonds. The van der Waals surface area contributed by atoms with Gasteiger partial charge in [-0.1, -0.05) is 36.4 Å². The number of aryl methyl sites for hydroxylation is 1. The molecule has 0 radical (unpaired) electrons. The molecule has 2 heterocycles. The van der Waals surface area contributed by atoms with Gasteiger partial charge in [-0.2, -0.15) is 0 Å². The van der Waals surface area contributed by atoms with Crippen LogP contribution in [0, 0.1) is 0 Å². The quantitative estimate of drug-likeness (QED) is 0.634. The molecule has 0 fully saturated rings. The van der Waals surface area contributed by atoms with E-state index in [1.807, 2.05) is 30.3 Å². The van der Waals surface area contributed by atoms with E-state index in [0.717, 1.165) is 35.3 Å². The number of hydrogen-bond acceptors (Lipinski definition) is 2. The number of ether oxygens (including phenoxy) is 1. The van der Waals surface area contributed by atoms with Crippen LogP contribution < -0.4 is 4.74 Å². The summed E-state index contributed by atoms with van der Waals surface area (Å²) >= 11 is 0. The van der Waals surface area contributed by atoms with Gasteiger partial charge in [-0.3, -0.25) is 0 Å². The maximum atomic E-state index is 6.05. The lowest BCUT2D eigenvalue weighted by molar-refractivity contribution is 0.152. The molecule has 2 nitrogen and oxygen atoms in total. The smallest absolute Gasteiger partial charge is 0.156 e. The van der Waals surface area contributed by atoms with Gasteiger partial charge in [-0.15, -0.1) is 0 Å². The highest BCUT2D eigenvalue weighted by molar-refractivity contribution is 5.77. The van der Waals surface area contributed by atoms with Crippen molar-refractivity contribution in [2.24, 2.45) is 0 Å². The van der Waals surface area contributed by atoms with Gasteiger partial charge in [0.2, 0.25) is 0 Å². The summed E-state index contributed by atoms with van der Waals surface area (Å²) in [5.74, 6) is 1.91.